The molecule has 0 aliphatic carbocycles. The van der Waals surface area contributed by atoms with Crippen molar-refractivity contribution in [2.24, 2.45) is 0 Å². The molecule has 0 rings (SSSR count). The van der Waals surface area contributed by atoms with Crippen molar-refractivity contribution >= 4 is 0 Å². The summed E-state index contributed by atoms with van der Waals surface area (Å²) in [5.41, 5.74) is 0. The monoisotopic (exact) mass is 410 g/mol. The van der Waals surface area contributed by atoms with Crippen LogP contribution in [0.2, 0.25) is 0 Å². The maximum absolute atomic E-state index is 2.66. The highest BCUT2D eigenvalue weighted by Gasteiger charge is 2.13. The molecule has 1 atom stereocenters. The Kier molecular flexibility index (Phi) is 22.5. The lowest BCUT2D eigenvalue weighted by molar-refractivity contribution is 0.161. The van der Waals surface area contributed by atoms with E-state index < -0.39 is 0 Å². The zero-order chi connectivity index (χ0) is 21.6. The van der Waals surface area contributed by atoms with E-state index in [1.165, 1.54) is 135 Å². The first-order valence-electron chi connectivity index (χ1n) is 13.7. The lowest BCUT2D eigenvalue weighted by Crippen LogP contribution is -2.42. The van der Waals surface area contributed by atoms with Crippen LogP contribution in [0, 0.1) is 0 Å². The SMILES string of the molecule is CCCCCCCCCCCCCCCCCCN(CC)CC(C)N(CC)CC. The van der Waals surface area contributed by atoms with E-state index in [9.17, 15) is 0 Å². The van der Waals surface area contributed by atoms with E-state index in [1.807, 2.05) is 0 Å². The molecule has 0 heterocycles. The van der Waals surface area contributed by atoms with Crippen molar-refractivity contribution in [3.05, 3.63) is 0 Å². The highest BCUT2D eigenvalue weighted by Crippen LogP contribution is 2.14. The molecule has 0 radical (unpaired) electrons. The summed E-state index contributed by atoms with van der Waals surface area (Å²) >= 11 is 0. The zero-order valence-electron chi connectivity index (χ0n) is 21.3. The second kappa shape index (κ2) is 22.6. The number of hydrogen-bond acceptors (Lipinski definition) is 2. The Bertz CT molecular complexity index is 301. The normalized spacial score (nSPS) is 12.9. The molecule has 2 nitrogen and oxygen atoms in total. The lowest BCUT2D eigenvalue weighted by Gasteiger charge is -2.31. The van der Waals surface area contributed by atoms with Crippen molar-refractivity contribution in [3.63, 3.8) is 0 Å². The van der Waals surface area contributed by atoms with E-state index in [0.29, 0.717) is 6.04 Å². The van der Waals surface area contributed by atoms with Crippen LogP contribution in [0.1, 0.15) is 137 Å². The van der Waals surface area contributed by atoms with Crippen molar-refractivity contribution in [1.82, 2.24) is 9.80 Å². The van der Waals surface area contributed by atoms with Gasteiger partial charge < -0.3 is 4.90 Å². The van der Waals surface area contributed by atoms with Crippen LogP contribution in [-0.2, 0) is 0 Å². The molecular weight excluding hydrogens is 352 g/mol. The van der Waals surface area contributed by atoms with E-state index in [4.69, 9.17) is 0 Å². The molecule has 0 aromatic carbocycles. The highest BCUT2D eigenvalue weighted by atomic mass is 15.2. The second-order valence-electron chi connectivity index (χ2n) is 9.27. The van der Waals surface area contributed by atoms with Gasteiger partial charge in [-0.1, -0.05) is 124 Å². The quantitative estimate of drug-likeness (QED) is 0.156. The molecule has 176 valence electrons. The highest BCUT2D eigenvalue weighted by molar-refractivity contribution is 4.70. The Hall–Kier alpha value is -0.0800. The van der Waals surface area contributed by atoms with Gasteiger partial charge in [0.15, 0.2) is 0 Å². The first-order valence-corrected chi connectivity index (χ1v) is 13.7. The first-order chi connectivity index (χ1) is 14.2. The van der Waals surface area contributed by atoms with Crippen LogP contribution in [-0.4, -0.2) is 48.6 Å². The van der Waals surface area contributed by atoms with Crippen LogP contribution in [0.5, 0.6) is 0 Å². The molecule has 0 aliphatic rings. The van der Waals surface area contributed by atoms with Crippen molar-refractivity contribution in [2.45, 2.75) is 143 Å². The third-order valence-corrected chi connectivity index (χ3v) is 6.73. The fourth-order valence-corrected chi connectivity index (χ4v) is 4.60. The van der Waals surface area contributed by atoms with E-state index >= 15 is 0 Å². The van der Waals surface area contributed by atoms with Gasteiger partial charge in [0.05, 0.1) is 0 Å². The summed E-state index contributed by atoms with van der Waals surface area (Å²) in [6, 6.07) is 0.686. The average Bonchev–Trinajstić information content (AvgIpc) is 2.73. The van der Waals surface area contributed by atoms with E-state index in [1.54, 1.807) is 0 Å². The Morgan fingerprint density at radius 1 is 0.483 bits per heavy atom. The minimum Gasteiger partial charge on any atom is -0.302 e. The van der Waals surface area contributed by atoms with Crippen LogP contribution in [0.3, 0.4) is 0 Å². The van der Waals surface area contributed by atoms with Gasteiger partial charge in [0.2, 0.25) is 0 Å². The van der Waals surface area contributed by atoms with Gasteiger partial charge in [-0.25, -0.2) is 0 Å². The standard InChI is InChI=1S/C27H58N2/c1-6-10-11-12-13-14-15-16-17-18-19-20-21-22-23-24-25-28(7-2)26-27(5)29(8-3)9-4/h27H,6-26H2,1-5H3. The van der Waals surface area contributed by atoms with Crippen LogP contribution >= 0.6 is 0 Å². The Morgan fingerprint density at radius 2 is 0.862 bits per heavy atom. The zero-order valence-corrected chi connectivity index (χ0v) is 21.3. The Labute approximate surface area is 186 Å². The topological polar surface area (TPSA) is 6.48 Å². The minimum absolute atomic E-state index is 0.686. The summed E-state index contributed by atoms with van der Waals surface area (Å²) in [5.74, 6) is 0. The molecular formula is C27H58N2. The van der Waals surface area contributed by atoms with Gasteiger partial charge in [-0.3, -0.25) is 4.90 Å². The fraction of sp³-hybridized carbons (Fsp3) is 1.00. The predicted molar refractivity (Wildman–Crippen MR) is 134 cm³/mol. The molecule has 0 bridgehead atoms. The third kappa shape index (κ3) is 18.4. The molecule has 0 aromatic heterocycles. The molecule has 0 spiro atoms. The summed E-state index contributed by atoms with van der Waals surface area (Å²) < 4.78 is 0. The third-order valence-electron chi connectivity index (χ3n) is 6.73. The summed E-state index contributed by atoms with van der Waals surface area (Å²) in [7, 11) is 0. The molecule has 29 heavy (non-hydrogen) atoms. The number of likely N-dealkylation sites (N-methyl/N-ethyl adjacent to an activating group) is 2. The maximum Gasteiger partial charge on any atom is 0.0194 e. The maximum atomic E-state index is 2.66. The molecule has 0 fully saturated rings. The van der Waals surface area contributed by atoms with Crippen LogP contribution in [0.4, 0.5) is 0 Å². The molecule has 0 N–H and O–H groups in total. The molecule has 1 unspecified atom stereocenters. The van der Waals surface area contributed by atoms with Gasteiger partial charge in [-0.15, -0.1) is 0 Å². The average molecular weight is 411 g/mol. The summed E-state index contributed by atoms with van der Waals surface area (Å²) in [5, 5.41) is 0. The van der Waals surface area contributed by atoms with Gasteiger partial charge in [0.1, 0.15) is 0 Å². The largest absolute Gasteiger partial charge is 0.302 e. The van der Waals surface area contributed by atoms with Gasteiger partial charge in [0, 0.05) is 12.6 Å². The summed E-state index contributed by atoms with van der Waals surface area (Å²) in [4.78, 5) is 5.24. The molecule has 0 saturated carbocycles. The Balaban J connectivity index is 3.39. The number of hydrogen-bond donors (Lipinski definition) is 0. The van der Waals surface area contributed by atoms with Crippen LogP contribution < -0.4 is 0 Å². The predicted octanol–water partition coefficient (Wildman–Crippen LogP) is 8.30. The summed E-state index contributed by atoms with van der Waals surface area (Å²) in [6.07, 6.45) is 23.3. The van der Waals surface area contributed by atoms with Gasteiger partial charge in [0.25, 0.3) is 0 Å². The smallest absolute Gasteiger partial charge is 0.0194 e. The lowest BCUT2D eigenvalue weighted by atomic mass is 10.0. The van der Waals surface area contributed by atoms with Crippen molar-refractivity contribution in [2.75, 3.05) is 32.7 Å². The van der Waals surface area contributed by atoms with Gasteiger partial charge >= 0.3 is 0 Å². The second-order valence-corrected chi connectivity index (χ2v) is 9.27. The van der Waals surface area contributed by atoms with Crippen molar-refractivity contribution in [3.8, 4) is 0 Å². The number of rotatable bonds is 23. The summed E-state index contributed by atoms with van der Waals surface area (Å²) in [6.45, 7) is 17.7. The van der Waals surface area contributed by atoms with Crippen molar-refractivity contribution < 1.29 is 0 Å². The molecule has 0 aromatic rings. The van der Waals surface area contributed by atoms with E-state index in [0.717, 1.165) is 0 Å². The number of nitrogens with zero attached hydrogens (tertiary/aromatic N) is 2. The van der Waals surface area contributed by atoms with Gasteiger partial charge in [-0.05, 0) is 39.5 Å². The van der Waals surface area contributed by atoms with Crippen LogP contribution in [0.15, 0.2) is 0 Å². The molecule has 0 saturated heterocycles. The number of unbranched alkanes of at least 4 members (excludes halogenated alkanes) is 15. The Morgan fingerprint density at radius 3 is 1.21 bits per heavy atom. The van der Waals surface area contributed by atoms with Crippen molar-refractivity contribution in [1.29, 1.82) is 0 Å². The fourth-order valence-electron chi connectivity index (χ4n) is 4.60. The molecule has 0 amide bonds. The van der Waals surface area contributed by atoms with Gasteiger partial charge in [-0.2, -0.15) is 0 Å². The first kappa shape index (κ1) is 28.9. The molecule has 0 aliphatic heterocycles. The molecule has 2 heteroatoms. The minimum atomic E-state index is 0.686. The van der Waals surface area contributed by atoms with E-state index in [2.05, 4.69) is 44.4 Å². The van der Waals surface area contributed by atoms with Crippen LogP contribution in [0.25, 0.3) is 0 Å². The van der Waals surface area contributed by atoms with E-state index in [-0.39, 0.29) is 0 Å².